The molecule has 0 saturated carbocycles. The highest BCUT2D eigenvalue weighted by Crippen LogP contribution is 2.43. The number of nitriles is 1. The van der Waals surface area contributed by atoms with Crippen molar-refractivity contribution in [3.05, 3.63) is 34.1 Å². The Hall–Kier alpha value is -3.25. The van der Waals surface area contributed by atoms with E-state index in [0.29, 0.717) is 19.7 Å². The monoisotopic (exact) mass is 509 g/mol. The van der Waals surface area contributed by atoms with Gasteiger partial charge in [-0.15, -0.1) is 0 Å². The minimum absolute atomic E-state index is 0.0486. The van der Waals surface area contributed by atoms with Crippen molar-refractivity contribution in [3.63, 3.8) is 0 Å². The number of anilines is 2. The highest BCUT2D eigenvalue weighted by Gasteiger charge is 2.43. The Morgan fingerprint density at radius 2 is 1.86 bits per heavy atom. The van der Waals surface area contributed by atoms with E-state index in [-0.39, 0.29) is 22.6 Å². The van der Waals surface area contributed by atoms with Crippen molar-refractivity contribution in [2.45, 2.75) is 45.6 Å². The summed E-state index contributed by atoms with van der Waals surface area (Å²) in [7, 11) is 5.40. The number of aromatic nitrogens is 1. The lowest BCUT2D eigenvalue weighted by atomic mass is 9.77. The van der Waals surface area contributed by atoms with Gasteiger partial charge in [-0.25, -0.2) is 4.79 Å². The van der Waals surface area contributed by atoms with Gasteiger partial charge < -0.3 is 28.7 Å². The van der Waals surface area contributed by atoms with Crippen LogP contribution < -0.4 is 15.4 Å². The number of amides is 1. The number of methoxy groups -OCH3 is 1. The first-order valence-electron chi connectivity index (χ1n) is 13.0. The lowest BCUT2D eigenvalue weighted by Crippen LogP contribution is -2.44. The molecule has 0 N–H and O–H groups in total. The second-order valence-corrected chi connectivity index (χ2v) is 11.5. The van der Waals surface area contributed by atoms with Crippen molar-refractivity contribution in [1.82, 2.24) is 9.47 Å². The van der Waals surface area contributed by atoms with Crippen LogP contribution in [0.1, 0.15) is 45.6 Å². The number of hydrogen-bond donors (Lipinski definition) is 0. The molecule has 0 atom stereocenters. The van der Waals surface area contributed by atoms with Crippen LogP contribution in [0.2, 0.25) is 0 Å². The summed E-state index contributed by atoms with van der Waals surface area (Å²) in [6.45, 7) is 9.84. The molecule has 3 heterocycles. The quantitative estimate of drug-likeness (QED) is 0.607. The van der Waals surface area contributed by atoms with Crippen molar-refractivity contribution < 1.29 is 14.3 Å². The number of likely N-dealkylation sites (tertiary alicyclic amines) is 1. The molecule has 9 heteroatoms. The fourth-order valence-electron chi connectivity index (χ4n) is 5.57. The summed E-state index contributed by atoms with van der Waals surface area (Å²) in [5.41, 5.74) is 1.96. The second kappa shape index (κ2) is 10.3. The molecule has 2 aliphatic rings. The third-order valence-electron chi connectivity index (χ3n) is 7.77. The van der Waals surface area contributed by atoms with Gasteiger partial charge in [0.15, 0.2) is 0 Å². The number of benzene rings is 1. The fraction of sp³-hybridized carbons (Fsp3) is 0.607. The van der Waals surface area contributed by atoms with Crippen molar-refractivity contribution in [1.29, 1.82) is 5.26 Å². The molecule has 1 aromatic heterocycles. The minimum atomic E-state index is -0.511. The zero-order valence-electron chi connectivity index (χ0n) is 23.0. The maximum atomic E-state index is 13.2. The molecule has 1 amide bonds. The van der Waals surface area contributed by atoms with Crippen molar-refractivity contribution >= 4 is 28.4 Å². The Bertz CT molecular complexity index is 1260. The van der Waals surface area contributed by atoms with Crippen LogP contribution in [0.5, 0.6) is 0 Å². The number of nitrogens with zero attached hydrogens (tertiary/aromatic N) is 5. The second-order valence-electron chi connectivity index (χ2n) is 11.5. The van der Waals surface area contributed by atoms with E-state index in [4.69, 9.17) is 9.47 Å². The van der Waals surface area contributed by atoms with Crippen molar-refractivity contribution in [2.24, 2.45) is 12.5 Å². The molecule has 200 valence electrons. The summed E-state index contributed by atoms with van der Waals surface area (Å²) < 4.78 is 12.4. The van der Waals surface area contributed by atoms with E-state index < -0.39 is 5.60 Å². The average molecular weight is 510 g/mol. The van der Waals surface area contributed by atoms with E-state index in [1.165, 1.54) is 0 Å². The Morgan fingerprint density at radius 3 is 2.49 bits per heavy atom. The number of ether oxygens (including phenoxy) is 2. The number of rotatable bonds is 5. The topological polar surface area (TPSA) is 91.0 Å². The molecule has 2 aliphatic heterocycles. The van der Waals surface area contributed by atoms with Crippen LogP contribution in [0.4, 0.5) is 16.2 Å². The van der Waals surface area contributed by atoms with Crippen LogP contribution in [0.3, 0.4) is 0 Å². The number of fused-ring (bicyclic) bond motifs is 1. The van der Waals surface area contributed by atoms with Crippen molar-refractivity contribution in [2.75, 3.05) is 63.3 Å². The van der Waals surface area contributed by atoms with Gasteiger partial charge in [-0.3, -0.25) is 4.79 Å². The highest BCUT2D eigenvalue weighted by atomic mass is 16.6. The number of carbonyl (C=O) groups excluding carboxylic acids is 1. The van der Waals surface area contributed by atoms with E-state index >= 15 is 0 Å². The molecule has 4 rings (SSSR count). The number of pyridine rings is 1. The molecule has 1 spiro atoms. The van der Waals surface area contributed by atoms with Crippen LogP contribution in [0, 0.1) is 16.7 Å². The van der Waals surface area contributed by atoms with Crippen LogP contribution in [0.25, 0.3) is 10.9 Å². The van der Waals surface area contributed by atoms with Crippen LogP contribution in [-0.2, 0) is 16.5 Å². The zero-order valence-corrected chi connectivity index (χ0v) is 23.0. The fourth-order valence-corrected chi connectivity index (χ4v) is 5.57. The molecular weight excluding hydrogens is 470 g/mol. The first-order chi connectivity index (χ1) is 17.5. The van der Waals surface area contributed by atoms with Crippen LogP contribution in [-0.4, -0.2) is 74.6 Å². The predicted octanol–water partition coefficient (Wildman–Crippen LogP) is 3.72. The van der Waals surface area contributed by atoms with Gasteiger partial charge in [0.2, 0.25) is 0 Å². The smallest absolute Gasteiger partial charge is 0.410 e. The van der Waals surface area contributed by atoms with Crippen LogP contribution >= 0.6 is 0 Å². The summed E-state index contributed by atoms with van der Waals surface area (Å²) >= 11 is 0. The molecule has 2 aromatic rings. The van der Waals surface area contributed by atoms with E-state index in [1.54, 1.807) is 18.7 Å². The van der Waals surface area contributed by atoms with Gasteiger partial charge in [-0.05, 0) is 63.6 Å². The van der Waals surface area contributed by atoms with Gasteiger partial charge in [0.05, 0.1) is 17.8 Å². The highest BCUT2D eigenvalue weighted by molar-refractivity contribution is 5.96. The number of carbonyl (C=O) groups is 1. The predicted molar refractivity (Wildman–Crippen MR) is 145 cm³/mol. The molecule has 1 aromatic carbocycles. The third kappa shape index (κ3) is 5.40. The lowest BCUT2D eigenvalue weighted by molar-refractivity contribution is 0.0266. The number of likely N-dealkylation sites (N-methyl/N-ethyl adjacent to an activating group) is 1. The molecule has 0 aliphatic carbocycles. The molecule has 0 unspecified atom stereocenters. The standard InChI is InChI=1S/C28H39N5O4/c1-27(2,3)37-26(35)33-14-11-28(19-33)9-12-32(13-10-28)24-21-8-7-20(30(4)15-16-36-6)17-23(21)31(5)25(34)22(24)18-29/h7-8,17H,9-16,19H2,1-6H3. The van der Waals surface area contributed by atoms with Gasteiger partial charge in [-0.2, -0.15) is 5.26 Å². The summed E-state index contributed by atoms with van der Waals surface area (Å²) in [5.74, 6) is 0. The molecule has 0 radical (unpaired) electrons. The van der Waals surface area contributed by atoms with Gasteiger partial charge in [0.1, 0.15) is 17.2 Å². The Balaban J connectivity index is 1.59. The molecule has 0 bridgehead atoms. The third-order valence-corrected chi connectivity index (χ3v) is 7.77. The maximum absolute atomic E-state index is 13.2. The molecular formula is C28H39N5O4. The summed E-state index contributed by atoms with van der Waals surface area (Å²) in [6.07, 6.45) is 2.49. The average Bonchev–Trinajstić information content (AvgIpc) is 3.27. The molecule has 37 heavy (non-hydrogen) atoms. The van der Waals surface area contributed by atoms with E-state index in [0.717, 1.165) is 61.2 Å². The lowest BCUT2D eigenvalue weighted by Gasteiger charge is -2.41. The van der Waals surface area contributed by atoms with Gasteiger partial charge in [0.25, 0.3) is 5.56 Å². The number of piperidine rings is 1. The Labute approximate surface area is 219 Å². The van der Waals surface area contributed by atoms with E-state index in [2.05, 4.69) is 15.9 Å². The van der Waals surface area contributed by atoms with E-state index in [9.17, 15) is 14.9 Å². The summed E-state index contributed by atoms with van der Waals surface area (Å²) in [4.78, 5) is 32.0. The molecule has 2 fully saturated rings. The van der Waals surface area contributed by atoms with Gasteiger partial charge >= 0.3 is 6.09 Å². The van der Waals surface area contributed by atoms with Crippen LogP contribution in [0.15, 0.2) is 23.0 Å². The van der Waals surface area contributed by atoms with Crippen molar-refractivity contribution in [3.8, 4) is 6.07 Å². The molecule has 2 saturated heterocycles. The van der Waals surface area contributed by atoms with E-state index in [1.807, 2.05) is 50.9 Å². The first-order valence-corrected chi connectivity index (χ1v) is 13.0. The van der Waals surface area contributed by atoms with Gasteiger partial charge in [-0.1, -0.05) is 0 Å². The zero-order chi connectivity index (χ0) is 27.0. The Kier molecular flexibility index (Phi) is 7.43. The van der Waals surface area contributed by atoms with Gasteiger partial charge in [0, 0.05) is 65.0 Å². The largest absolute Gasteiger partial charge is 0.444 e. The first kappa shape index (κ1) is 26.8. The minimum Gasteiger partial charge on any atom is -0.444 e. The SMILES string of the molecule is COCCN(C)c1ccc2c(N3CCC4(CCN(C(=O)OC(C)(C)C)C4)CC3)c(C#N)c(=O)n(C)c2c1. The number of aryl methyl sites for hydroxylation is 1. The Morgan fingerprint density at radius 1 is 1.19 bits per heavy atom. The normalized spacial score (nSPS) is 17.3. The molecule has 9 nitrogen and oxygen atoms in total. The summed E-state index contributed by atoms with van der Waals surface area (Å²) in [6, 6.07) is 8.26. The maximum Gasteiger partial charge on any atom is 0.410 e. The summed E-state index contributed by atoms with van der Waals surface area (Å²) in [5, 5.41) is 10.9. The number of hydrogen-bond acceptors (Lipinski definition) is 7.